The van der Waals surface area contributed by atoms with Crippen LogP contribution >= 0.6 is 0 Å². The van der Waals surface area contributed by atoms with Crippen molar-refractivity contribution in [2.75, 3.05) is 0 Å². The molecule has 30 heavy (non-hydrogen) atoms. The number of benzene rings is 1. The topological polar surface area (TPSA) is 23.8 Å². The second kappa shape index (κ2) is 12.2. The quantitative estimate of drug-likeness (QED) is 0.372. The molecule has 0 bridgehead atoms. The van der Waals surface area contributed by atoms with E-state index < -0.39 is 0 Å². The Labute approximate surface area is 181 Å². The van der Waals surface area contributed by atoms with Gasteiger partial charge in [0.2, 0.25) is 0 Å². The van der Waals surface area contributed by atoms with Gasteiger partial charge in [-0.05, 0) is 92.7 Å². The van der Waals surface area contributed by atoms with Gasteiger partial charge in [-0.3, -0.25) is 0 Å². The minimum atomic E-state index is -0.368. The first kappa shape index (κ1) is 23.0. The molecule has 2 aliphatic rings. The molecule has 0 amide bonds. The van der Waals surface area contributed by atoms with Crippen LogP contribution in [0.2, 0.25) is 0 Å². The fourth-order valence-electron chi connectivity index (χ4n) is 5.86. The van der Waals surface area contributed by atoms with E-state index in [2.05, 4.69) is 0 Å². The molecular formula is C27H37F2N. The van der Waals surface area contributed by atoms with Crippen molar-refractivity contribution in [3.8, 4) is 6.07 Å². The third-order valence-electron chi connectivity index (χ3n) is 7.74. The Morgan fingerprint density at radius 1 is 0.900 bits per heavy atom. The summed E-state index contributed by atoms with van der Waals surface area (Å²) in [6, 6.07) is 7.10. The first-order valence-corrected chi connectivity index (χ1v) is 12.2. The Hall–Kier alpha value is -1.69. The molecule has 0 heterocycles. The van der Waals surface area contributed by atoms with E-state index in [-0.39, 0.29) is 11.4 Å². The molecule has 0 saturated heterocycles. The standard InChI is InChI=1S/C27H37F2N/c28-18-6-4-2-1-3-5-7-21-8-10-22(11-9-21)23-12-14-24(15-13-23)25-16-17-26(20-30)27(29)19-25/h6,16-19,21-24H,1-5,7-15H2/b18-6+/t21-,22-,23?,24?. The van der Waals surface area contributed by atoms with Crippen molar-refractivity contribution >= 4 is 0 Å². The Morgan fingerprint density at radius 3 is 2.20 bits per heavy atom. The summed E-state index contributed by atoms with van der Waals surface area (Å²) in [7, 11) is 0. The summed E-state index contributed by atoms with van der Waals surface area (Å²) in [4.78, 5) is 0. The van der Waals surface area contributed by atoms with Gasteiger partial charge in [0.05, 0.1) is 11.9 Å². The van der Waals surface area contributed by atoms with Gasteiger partial charge in [-0.25, -0.2) is 8.78 Å². The Balaban J connectivity index is 1.33. The van der Waals surface area contributed by atoms with E-state index in [0.717, 1.165) is 49.0 Å². The summed E-state index contributed by atoms with van der Waals surface area (Å²) in [6.07, 6.45) is 20.0. The van der Waals surface area contributed by atoms with E-state index in [9.17, 15) is 8.78 Å². The van der Waals surface area contributed by atoms with E-state index >= 15 is 0 Å². The number of allylic oxidation sites excluding steroid dienone is 1. The molecule has 0 unspecified atom stereocenters. The van der Waals surface area contributed by atoms with Crippen LogP contribution in [0.5, 0.6) is 0 Å². The number of rotatable bonds is 9. The Morgan fingerprint density at radius 2 is 1.57 bits per heavy atom. The zero-order valence-corrected chi connectivity index (χ0v) is 18.3. The molecule has 0 radical (unpaired) electrons. The van der Waals surface area contributed by atoms with Crippen LogP contribution in [0.1, 0.15) is 107 Å². The molecule has 3 rings (SSSR count). The minimum absolute atomic E-state index is 0.151. The molecule has 0 aliphatic heterocycles. The molecule has 1 nitrogen and oxygen atoms in total. The summed E-state index contributed by atoms with van der Waals surface area (Å²) in [6.45, 7) is 0. The largest absolute Gasteiger partial charge is 0.216 e. The summed E-state index contributed by atoms with van der Waals surface area (Å²) in [5, 5.41) is 8.91. The van der Waals surface area contributed by atoms with Crippen molar-refractivity contribution in [2.24, 2.45) is 17.8 Å². The van der Waals surface area contributed by atoms with Crippen molar-refractivity contribution in [3.05, 3.63) is 47.5 Å². The molecule has 1 aromatic carbocycles. The number of halogens is 2. The SMILES string of the molecule is N#Cc1ccc(C2CCC([C@H]3CC[C@H](CCCCCC/C=C/F)CC3)CC2)cc1F. The van der Waals surface area contributed by atoms with Gasteiger partial charge in [-0.1, -0.05) is 50.7 Å². The average molecular weight is 414 g/mol. The van der Waals surface area contributed by atoms with Gasteiger partial charge in [0, 0.05) is 0 Å². The minimum Gasteiger partial charge on any atom is -0.216 e. The van der Waals surface area contributed by atoms with E-state index in [4.69, 9.17) is 5.26 Å². The molecule has 3 heteroatoms. The monoisotopic (exact) mass is 413 g/mol. The fourth-order valence-corrected chi connectivity index (χ4v) is 5.86. The van der Waals surface area contributed by atoms with Gasteiger partial charge in [-0.2, -0.15) is 5.26 Å². The first-order valence-electron chi connectivity index (χ1n) is 12.2. The van der Waals surface area contributed by atoms with Crippen LogP contribution in [0.15, 0.2) is 30.6 Å². The van der Waals surface area contributed by atoms with Crippen LogP contribution in [-0.2, 0) is 0 Å². The summed E-state index contributed by atoms with van der Waals surface area (Å²) >= 11 is 0. The predicted octanol–water partition coefficient (Wildman–Crippen LogP) is 8.60. The lowest BCUT2D eigenvalue weighted by Crippen LogP contribution is -2.25. The molecule has 1 aromatic rings. The van der Waals surface area contributed by atoms with Gasteiger partial charge in [-0.15, -0.1) is 0 Å². The maximum absolute atomic E-state index is 14.0. The molecule has 0 atom stereocenters. The van der Waals surface area contributed by atoms with Gasteiger partial charge in [0.25, 0.3) is 0 Å². The normalized spacial score (nSPS) is 27.2. The molecule has 2 saturated carbocycles. The maximum atomic E-state index is 14.0. The Kier molecular flexibility index (Phi) is 9.37. The van der Waals surface area contributed by atoms with E-state index in [1.807, 2.05) is 12.1 Å². The highest BCUT2D eigenvalue weighted by Crippen LogP contribution is 2.44. The zero-order chi connectivity index (χ0) is 21.2. The lowest BCUT2D eigenvalue weighted by Gasteiger charge is -2.38. The third kappa shape index (κ3) is 6.66. The van der Waals surface area contributed by atoms with Gasteiger partial charge < -0.3 is 0 Å². The smallest absolute Gasteiger partial charge is 0.141 e. The summed E-state index contributed by atoms with van der Waals surface area (Å²) in [5.74, 6) is 2.76. The van der Waals surface area contributed by atoms with Crippen molar-refractivity contribution < 1.29 is 8.78 Å². The highest BCUT2D eigenvalue weighted by molar-refractivity contribution is 5.34. The molecular weight excluding hydrogens is 376 g/mol. The number of hydrogen-bond donors (Lipinski definition) is 0. The summed E-state index contributed by atoms with van der Waals surface area (Å²) in [5.41, 5.74) is 1.23. The number of unbranched alkanes of at least 4 members (excludes halogenated alkanes) is 4. The van der Waals surface area contributed by atoms with E-state index in [0.29, 0.717) is 12.2 Å². The van der Waals surface area contributed by atoms with Crippen LogP contribution in [-0.4, -0.2) is 0 Å². The zero-order valence-electron chi connectivity index (χ0n) is 18.3. The molecule has 0 spiro atoms. The lowest BCUT2D eigenvalue weighted by molar-refractivity contribution is 0.155. The first-order chi connectivity index (χ1) is 14.7. The predicted molar refractivity (Wildman–Crippen MR) is 119 cm³/mol. The van der Waals surface area contributed by atoms with Crippen molar-refractivity contribution in [2.45, 2.75) is 95.8 Å². The van der Waals surface area contributed by atoms with Crippen LogP contribution in [0.3, 0.4) is 0 Å². The third-order valence-corrected chi connectivity index (χ3v) is 7.74. The number of nitriles is 1. The number of hydrogen-bond acceptors (Lipinski definition) is 1. The Bertz CT molecular complexity index is 704. The van der Waals surface area contributed by atoms with Crippen LogP contribution < -0.4 is 0 Å². The lowest BCUT2D eigenvalue weighted by atomic mass is 9.68. The highest BCUT2D eigenvalue weighted by atomic mass is 19.1. The van der Waals surface area contributed by atoms with Gasteiger partial charge in [0.1, 0.15) is 11.9 Å². The molecule has 0 N–H and O–H groups in total. The highest BCUT2D eigenvalue weighted by Gasteiger charge is 2.31. The van der Waals surface area contributed by atoms with Crippen molar-refractivity contribution in [1.29, 1.82) is 5.26 Å². The second-order valence-corrected chi connectivity index (χ2v) is 9.60. The molecule has 2 aliphatic carbocycles. The molecule has 0 aromatic heterocycles. The van der Waals surface area contributed by atoms with Gasteiger partial charge in [0.15, 0.2) is 0 Å². The van der Waals surface area contributed by atoms with E-state index in [1.54, 1.807) is 18.2 Å². The average Bonchev–Trinajstić information content (AvgIpc) is 2.79. The maximum Gasteiger partial charge on any atom is 0.141 e. The van der Waals surface area contributed by atoms with Gasteiger partial charge >= 0.3 is 0 Å². The molecule has 2 fully saturated rings. The second-order valence-electron chi connectivity index (χ2n) is 9.60. The number of nitrogens with zero attached hydrogens (tertiary/aromatic N) is 1. The van der Waals surface area contributed by atoms with Crippen LogP contribution in [0, 0.1) is 34.9 Å². The van der Waals surface area contributed by atoms with Crippen LogP contribution in [0.25, 0.3) is 0 Å². The van der Waals surface area contributed by atoms with Crippen molar-refractivity contribution in [1.82, 2.24) is 0 Å². The van der Waals surface area contributed by atoms with Crippen molar-refractivity contribution in [3.63, 3.8) is 0 Å². The van der Waals surface area contributed by atoms with E-state index in [1.165, 1.54) is 64.2 Å². The summed E-state index contributed by atoms with van der Waals surface area (Å²) < 4.78 is 25.9. The van der Waals surface area contributed by atoms with Crippen LogP contribution in [0.4, 0.5) is 8.78 Å². The molecule has 164 valence electrons. The fraction of sp³-hybridized carbons (Fsp3) is 0.667.